The summed E-state index contributed by atoms with van der Waals surface area (Å²) in [4.78, 5) is 20.0. The molecule has 0 bridgehead atoms. The number of pyridine rings is 1. The molecule has 2 aromatic heterocycles. The highest BCUT2D eigenvalue weighted by molar-refractivity contribution is 7.99. The van der Waals surface area contributed by atoms with Gasteiger partial charge in [0.2, 0.25) is 4.99 Å². The maximum atomic E-state index is 11.7. The van der Waals surface area contributed by atoms with E-state index in [2.05, 4.69) is 25.5 Å². The molecule has 1 fully saturated rings. The second-order valence-corrected chi connectivity index (χ2v) is 6.36. The maximum Gasteiger partial charge on any atom is 0.274 e. The number of hydrogen-bond acceptors (Lipinski definition) is 7. The Kier molecular flexibility index (Phi) is 3.29. The van der Waals surface area contributed by atoms with Crippen molar-refractivity contribution < 1.29 is 9.84 Å². The lowest BCUT2D eigenvalue weighted by atomic mass is 9.93. The summed E-state index contributed by atoms with van der Waals surface area (Å²) in [5.74, 6) is -0.133. The molecule has 9 heteroatoms. The van der Waals surface area contributed by atoms with Crippen molar-refractivity contribution in [2.75, 3.05) is 12.9 Å². The zero-order valence-electron chi connectivity index (χ0n) is 12.2. The van der Waals surface area contributed by atoms with E-state index in [-0.39, 0.29) is 11.5 Å². The number of thioether (sulfide) groups is 1. The zero-order chi connectivity index (χ0) is 16.0. The van der Waals surface area contributed by atoms with Crippen molar-refractivity contribution in [1.29, 1.82) is 0 Å². The monoisotopic (exact) mass is 333 g/mol. The number of H-pyrrole nitrogens is 2. The van der Waals surface area contributed by atoms with Gasteiger partial charge in [0, 0.05) is 12.4 Å². The van der Waals surface area contributed by atoms with Crippen LogP contribution in [0.5, 0.6) is 0 Å². The highest BCUT2D eigenvalue weighted by Gasteiger charge is 2.41. The molecule has 120 valence electrons. The number of fused-ring (bicyclic) bond motifs is 1. The number of nitrogens with zero attached hydrogens (tertiary/aromatic N) is 2. The van der Waals surface area contributed by atoms with Crippen LogP contribution in [0.2, 0.25) is 0 Å². The molecule has 3 atom stereocenters. The molecule has 0 saturated carbocycles. The molecule has 23 heavy (non-hydrogen) atoms. The van der Waals surface area contributed by atoms with E-state index < -0.39 is 11.3 Å². The molecule has 0 amide bonds. The van der Waals surface area contributed by atoms with Gasteiger partial charge in [-0.05, 0) is 17.9 Å². The Bertz CT molecular complexity index is 923. The number of aromatic nitrogens is 3. The van der Waals surface area contributed by atoms with Gasteiger partial charge in [0.15, 0.2) is 11.8 Å². The van der Waals surface area contributed by atoms with Gasteiger partial charge in [-0.2, -0.15) is 0 Å². The van der Waals surface area contributed by atoms with Crippen molar-refractivity contribution in [3.05, 3.63) is 50.6 Å². The summed E-state index contributed by atoms with van der Waals surface area (Å²) in [6.07, 6.45) is 4.41. The lowest BCUT2D eigenvalue weighted by Crippen LogP contribution is -2.49. The van der Waals surface area contributed by atoms with Crippen molar-refractivity contribution in [2.45, 2.75) is 17.2 Å². The standard InChI is InChI=1S/C14H15N5O3S/c1-23-14(16-5-8-11(17-14)18-19-12(8)20)10-7(3-2-4-15-10)9-6-22-13(9)21/h2-5,9,13,16,21H,6H2,1H3,(H,17,18)(H,19,20). The van der Waals surface area contributed by atoms with Gasteiger partial charge in [0.25, 0.3) is 5.56 Å². The molecule has 2 aliphatic heterocycles. The van der Waals surface area contributed by atoms with Crippen LogP contribution in [0.4, 0.5) is 0 Å². The summed E-state index contributed by atoms with van der Waals surface area (Å²) < 4.78 is 5.08. The van der Waals surface area contributed by atoms with Crippen LogP contribution in [-0.2, 0) is 9.73 Å². The first-order valence-electron chi connectivity index (χ1n) is 7.09. The minimum absolute atomic E-state index is 0.133. The van der Waals surface area contributed by atoms with E-state index >= 15 is 0 Å². The van der Waals surface area contributed by atoms with Gasteiger partial charge in [0.05, 0.1) is 12.5 Å². The summed E-state index contributed by atoms with van der Waals surface area (Å²) in [5, 5.41) is 18.8. The molecule has 8 nitrogen and oxygen atoms in total. The van der Waals surface area contributed by atoms with Crippen LogP contribution in [0.15, 0.2) is 28.1 Å². The third-order valence-corrected chi connectivity index (χ3v) is 5.11. The Balaban J connectivity index is 1.89. The van der Waals surface area contributed by atoms with Crippen LogP contribution >= 0.6 is 11.8 Å². The third-order valence-electron chi connectivity index (χ3n) is 4.12. The van der Waals surface area contributed by atoms with Gasteiger partial charge in [-0.25, -0.2) is 4.99 Å². The Morgan fingerprint density at radius 2 is 2.35 bits per heavy atom. The molecule has 1 saturated heterocycles. The SMILES string of the molecule is CSC1(c2ncccc2C2COC2O)N=c2[nH][nH]c(=O)c2=CN1. The number of aromatic amines is 2. The fourth-order valence-electron chi connectivity index (χ4n) is 2.78. The molecule has 4 N–H and O–H groups in total. The van der Waals surface area contributed by atoms with E-state index in [9.17, 15) is 9.90 Å². The van der Waals surface area contributed by atoms with E-state index in [1.165, 1.54) is 11.8 Å². The fraction of sp³-hybridized carbons (Fsp3) is 0.357. The number of ether oxygens (including phenoxy) is 1. The van der Waals surface area contributed by atoms with Gasteiger partial charge in [-0.1, -0.05) is 6.07 Å². The van der Waals surface area contributed by atoms with Crippen LogP contribution in [-0.4, -0.2) is 39.4 Å². The van der Waals surface area contributed by atoms with Crippen LogP contribution in [0.1, 0.15) is 17.2 Å². The lowest BCUT2D eigenvalue weighted by Gasteiger charge is -2.37. The number of aliphatic hydroxyl groups is 1. The van der Waals surface area contributed by atoms with E-state index in [4.69, 9.17) is 4.74 Å². The molecule has 4 heterocycles. The van der Waals surface area contributed by atoms with Gasteiger partial charge >= 0.3 is 0 Å². The number of nitrogens with one attached hydrogen (secondary N) is 3. The van der Waals surface area contributed by atoms with Crippen molar-refractivity contribution in [3.8, 4) is 0 Å². The molecular formula is C14H15N5O3S. The molecule has 2 aliphatic rings. The Labute approximate surface area is 134 Å². The lowest BCUT2D eigenvalue weighted by molar-refractivity contribution is -0.202. The highest BCUT2D eigenvalue weighted by atomic mass is 32.2. The first-order valence-corrected chi connectivity index (χ1v) is 8.32. The average molecular weight is 333 g/mol. The molecular weight excluding hydrogens is 318 g/mol. The van der Waals surface area contributed by atoms with E-state index in [0.717, 1.165) is 5.56 Å². The first kappa shape index (κ1) is 14.5. The molecule has 4 rings (SSSR count). The quantitative estimate of drug-likeness (QED) is 0.553. The van der Waals surface area contributed by atoms with Crippen LogP contribution in [0, 0.1) is 0 Å². The van der Waals surface area contributed by atoms with Gasteiger partial charge in [-0.3, -0.25) is 20.0 Å². The van der Waals surface area contributed by atoms with Crippen LogP contribution < -0.4 is 21.6 Å². The topological polar surface area (TPSA) is 115 Å². The fourth-order valence-corrected chi connectivity index (χ4v) is 3.51. The maximum absolute atomic E-state index is 11.7. The van der Waals surface area contributed by atoms with E-state index in [1.54, 1.807) is 12.4 Å². The molecule has 2 aromatic rings. The average Bonchev–Trinajstić information content (AvgIpc) is 2.94. The zero-order valence-corrected chi connectivity index (χ0v) is 13.1. The third kappa shape index (κ3) is 2.12. The van der Waals surface area contributed by atoms with Gasteiger partial charge < -0.3 is 15.2 Å². The number of aliphatic hydroxyl groups excluding tert-OH is 1. The smallest absolute Gasteiger partial charge is 0.274 e. The van der Waals surface area contributed by atoms with Crippen molar-refractivity contribution in [2.24, 2.45) is 4.99 Å². The summed E-state index contributed by atoms with van der Waals surface area (Å²) in [6, 6.07) is 3.75. The van der Waals surface area contributed by atoms with Crippen molar-refractivity contribution >= 4 is 18.0 Å². The Hall–Kier alpha value is -2.10. The summed E-state index contributed by atoms with van der Waals surface area (Å²) in [6.45, 7) is 0.445. The molecule has 0 aliphatic carbocycles. The Morgan fingerprint density at radius 3 is 3.04 bits per heavy atom. The van der Waals surface area contributed by atoms with Gasteiger partial charge in [-0.15, -0.1) is 11.8 Å². The number of rotatable bonds is 3. The van der Waals surface area contributed by atoms with Crippen LogP contribution in [0.25, 0.3) is 6.20 Å². The van der Waals surface area contributed by atoms with Crippen molar-refractivity contribution in [3.63, 3.8) is 0 Å². The predicted octanol–water partition coefficient (Wildman–Crippen LogP) is -1.34. The van der Waals surface area contributed by atoms with Gasteiger partial charge in [0.1, 0.15) is 10.9 Å². The molecule has 0 spiro atoms. The first-order chi connectivity index (χ1) is 11.1. The summed E-state index contributed by atoms with van der Waals surface area (Å²) in [7, 11) is 0. The predicted molar refractivity (Wildman–Crippen MR) is 83.9 cm³/mol. The highest BCUT2D eigenvalue weighted by Crippen LogP contribution is 2.40. The number of hydrogen-bond donors (Lipinski definition) is 4. The summed E-state index contributed by atoms with van der Waals surface area (Å²) in [5.41, 5.74) is 1.83. The van der Waals surface area contributed by atoms with Crippen molar-refractivity contribution in [1.82, 2.24) is 20.5 Å². The Morgan fingerprint density at radius 1 is 1.48 bits per heavy atom. The molecule has 3 unspecified atom stereocenters. The van der Waals surface area contributed by atoms with E-state index in [1.807, 2.05) is 18.4 Å². The largest absolute Gasteiger partial charge is 0.367 e. The normalized spacial score (nSPS) is 28.8. The second-order valence-electron chi connectivity index (χ2n) is 5.36. The minimum atomic E-state index is -0.871. The minimum Gasteiger partial charge on any atom is -0.367 e. The van der Waals surface area contributed by atoms with E-state index in [0.29, 0.717) is 23.0 Å². The molecule has 0 aromatic carbocycles. The molecule has 0 radical (unpaired) electrons. The summed E-state index contributed by atoms with van der Waals surface area (Å²) >= 11 is 1.46. The second kappa shape index (κ2) is 5.22. The van der Waals surface area contributed by atoms with Crippen LogP contribution in [0.3, 0.4) is 0 Å².